The Bertz CT molecular complexity index is 578. The second-order valence-corrected chi connectivity index (χ2v) is 4.21. The normalized spacial score (nSPS) is 10.1. The highest BCUT2D eigenvalue weighted by atomic mass is 16.5. The van der Waals surface area contributed by atoms with Gasteiger partial charge >= 0.3 is 5.97 Å². The summed E-state index contributed by atoms with van der Waals surface area (Å²) in [4.78, 5) is 11.6. The van der Waals surface area contributed by atoms with Gasteiger partial charge in [0.05, 0.1) is 19.3 Å². The Morgan fingerprint density at radius 3 is 2.50 bits per heavy atom. The van der Waals surface area contributed by atoms with Crippen molar-refractivity contribution < 1.29 is 19.4 Å². The molecule has 4 heteroatoms. The van der Waals surface area contributed by atoms with Crippen molar-refractivity contribution in [2.24, 2.45) is 0 Å². The van der Waals surface area contributed by atoms with Crippen LogP contribution in [-0.4, -0.2) is 18.2 Å². The highest BCUT2D eigenvalue weighted by Crippen LogP contribution is 2.24. The SMILES string of the molecule is COC(=O)c1cccc(OCc2ccccc2)c1CO. The molecule has 2 rings (SSSR count). The van der Waals surface area contributed by atoms with Gasteiger partial charge in [0.2, 0.25) is 0 Å². The maximum absolute atomic E-state index is 11.6. The fourth-order valence-electron chi connectivity index (χ4n) is 1.90. The molecule has 4 nitrogen and oxygen atoms in total. The van der Waals surface area contributed by atoms with E-state index in [2.05, 4.69) is 0 Å². The summed E-state index contributed by atoms with van der Waals surface area (Å²) in [7, 11) is 1.31. The third-order valence-electron chi connectivity index (χ3n) is 2.93. The van der Waals surface area contributed by atoms with Crippen LogP contribution in [0.25, 0.3) is 0 Å². The van der Waals surface area contributed by atoms with Crippen LogP contribution in [-0.2, 0) is 18.0 Å². The van der Waals surface area contributed by atoms with Crippen LogP contribution in [0.5, 0.6) is 5.75 Å². The fraction of sp³-hybridized carbons (Fsp3) is 0.188. The lowest BCUT2D eigenvalue weighted by Gasteiger charge is -2.13. The first-order chi connectivity index (χ1) is 9.76. The summed E-state index contributed by atoms with van der Waals surface area (Å²) in [5.41, 5.74) is 1.77. The smallest absolute Gasteiger partial charge is 0.338 e. The van der Waals surface area contributed by atoms with Crippen molar-refractivity contribution in [1.82, 2.24) is 0 Å². The lowest BCUT2D eigenvalue weighted by molar-refractivity contribution is 0.0596. The molecule has 0 saturated heterocycles. The molecule has 2 aromatic carbocycles. The minimum absolute atomic E-state index is 0.282. The number of carbonyl (C=O) groups is 1. The number of esters is 1. The number of aliphatic hydroxyl groups excluding tert-OH is 1. The Balaban J connectivity index is 2.21. The van der Waals surface area contributed by atoms with Gasteiger partial charge in [-0.25, -0.2) is 4.79 Å². The van der Waals surface area contributed by atoms with Gasteiger partial charge < -0.3 is 14.6 Å². The molecule has 0 aliphatic carbocycles. The lowest BCUT2D eigenvalue weighted by atomic mass is 10.1. The van der Waals surface area contributed by atoms with Crippen molar-refractivity contribution >= 4 is 5.97 Å². The van der Waals surface area contributed by atoms with Crippen molar-refractivity contribution in [2.45, 2.75) is 13.2 Å². The van der Waals surface area contributed by atoms with E-state index in [1.165, 1.54) is 7.11 Å². The van der Waals surface area contributed by atoms with E-state index in [9.17, 15) is 9.90 Å². The van der Waals surface area contributed by atoms with Crippen LogP contribution in [0.3, 0.4) is 0 Å². The van der Waals surface area contributed by atoms with E-state index in [1.54, 1.807) is 18.2 Å². The van der Waals surface area contributed by atoms with Gasteiger partial charge in [0.15, 0.2) is 0 Å². The van der Waals surface area contributed by atoms with E-state index in [4.69, 9.17) is 9.47 Å². The summed E-state index contributed by atoms with van der Waals surface area (Å²) in [5.74, 6) is -0.00142. The van der Waals surface area contributed by atoms with Crippen molar-refractivity contribution in [2.75, 3.05) is 7.11 Å². The van der Waals surface area contributed by atoms with Crippen molar-refractivity contribution in [3.05, 3.63) is 65.2 Å². The van der Waals surface area contributed by atoms with Gasteiger partial charge in [-0.3, -0.25) is 0 Å². The topological polar surface area (TPSA) is 55.8 Å². The zero-order chi connectivity index (χ0) is 14.4. The van der Waals surface area contributed by atoms with E-state index in [-0.39, 0.29) is 6.61 Å². The number of methoxy groups -OCH3 is 1. The zero-order valence-corrected chi connectivity index (χ0v) is 11.2. The highest BCUT2D eigenvalue weighted by molar-refractivity contribution is 5.91. The molecular formula is C16H16O4. The van der Waals surface area contributed by atoms with Crippen LogP contribution in [0.1, 0.15) is 21.5 Å². The van der Waals surface area contributed by atoms with E-state index in [0.717, 1.165) is 5.56 Å². The Hall–Kier alpha value is -2.33. The minimum atomic E-state index is -0.487. The Morgan fingerprint density at radius 2 is 1.85 bits per heavy atom. The Kier molecular flexibility index (Phi) is 4.74. The average Bonchev–Trinajstić information content (AvgIpc) is 2.52. The second-order valence-electron chi connectivity index (χ2n) is 4.21. The van der Waals surface area contributed by atoms with E-state index in [0.29, 0.717) is 23.5 Å². The standard InChI is InChI=1S/C16H16O4/c1-19-16(18)13-8-5-9-15(14(13)10-17)20-11-12-6-3-2-4-7-12/h2-9,17H,10-11H2,1H3. The summed E-state index contributed by atoms with van der Waals surface area (Å²) in [6.07, 6.45) is 0. The average molecular weight is 272 g/mol. The van der Waals surface area contributed by atoms with E-state index < -0.39 is 5.97 Å². The number of aliphatic hydroxyl groups is 1. The van der Waals surface area contributed by atoms with Crippen LogP contribution >= 0.6 is 0 Å². The first kappa shape index (κ1) is 14.1. The summed E-state index contributed by atoms with van der Waals surface area (Å²) in [6, 6.07) is 14.7. The third kappa shape index (κ3) is 3.16. The van der Waals surface area contributed by atoms with Gasteiger partial charge in [-0.15, -0.1) is 0 Å². The highest BCUT2D eigenvalue weighted by Gasteiger charge is 2.15. The molecule has 0 amide bonds. The molecule has 0 atom stereocenters. The Labute approximate surface area is 117 Å². The minimum Gasteiger partial charge on any atom is -0.489 e. The molecular weight excluding hydrogens is 256 g/mol. The second kappa shape index (κ2) is 6.73. The predicted octanol–water partition coefficient (Wildman–Crippen LogP) is 2.54. The quantitative estimate of drug-likeness (QED) is 0.850. The van der Waals surface area contributed by atoms with Gasteiger partial charge in [0.25, 0.3) is 0 Å². The molecule has 0 aromatic heterocycles. The largest absolute Gasteiger partial charge is 0.489 e. The molecule has 0 saturated carbocycles. The Morgan fingerprint density at radius 1 is 1.10 bits per heavy atom. The van der Waals surface area contributed by atoms with Gasteiger partial charge in [-0.2, -0.15) is 0 Å². The maximum atomic E-state index is 11.6. The van der Waals surface area contributed by atoms with E-state index >= 15 is 0 Å². The number of hydrogen-bond acceptors (Lipinski definition) is 4. The summed E-state index contributed by atoms with van der Waals surface area (Å²) in [5, 5.41) is 9.45. The molecule has 20 heavy (non-hydrogen) atoms. The molecule has 0 unspecified atom stereocenters. The number of rotatable bonds is 5. The molecule has 0 bridgehead atoms. The predicted molar refractivity (Wildman–Crippen MR) is 74.5 cm³/mol. The summed E-state index contributed by atoms with van der Waals surface area (Å²) < 4.78 is 10.4. The first-order valence-corrected chi connectivity index (χ1v) is 6.24. The van der Waals surface area contributed by atoms with Gasteiger partial charge in [0, 0.05) is 5.56 Å². The maximum Gasteiger partial charge on any atom is 0.338 e. The fourth-order valence-corrected chi connectivity index (χ4v) is 1.90. The molecule has 0 spiro atoms. The number of carbonyl (C=O) groups excluding carboxylic acids is 1. The third-order valence-corrected chi connectivity index (χ3v) is 2.93. The molecule has 104 valence electrons. The van der Waals surface area contributed by atoms with E-state index in [1.807, 2.05) is 30.3 Å². The van der Waals surface area contributed by atoms with Gasteiger partial charge in [-0.05, 0) is 17.7 Å². The molecule has 0 aliphatic rings. The lowest BCUT2D eigenvalue weighted by Crippen LogP contribution is -2.08. The van der Waals surface area contributed by atoms with Crippen LogP contribution in [0, 0.1) is 0 Å². The number of ether oxygens (including phenoxy) is 2. The van der Waals surface area contributed by atoms with Crippen molar-refractivity contribution in [3.8, 4) is 5.75 Å². The van der Waals surface area contributed by atoms with Crippen LogP contribution < -0.4 is 4.74 Å². The molecule has 0 radical (unpaired) electrons. The van der Waals surface area contributed by atoms with Gasteiger partial charge in [-0.1, -0.05) is 36.4 Å². The summed E-state index contributed by atoms with van der Waals surface area (Å²) >= 11 is 0. The number of hydrogen-bond donors (Lipinski definition) is 1. The number of benzene rings is 2. The van der Waals surface area contributed by atoms with Crippen molar-refractivity contribution in [1.29, 1.82) is 0 Å². The molecule has 0 aliphatic heterocycles. The molecule has 0 fully saturated rings. The van der Waals surface area contributed by atoms with Crippen LogP contribution in [0.2, 0.25) is 0 Å². The first-order valence-electron chi connectivity index (χ1n) is 6.24. The molecule has 1 N–H and O–H groups in total. The zero-order valence-electron chi connectivity index (χ0n) is 11.2. The molecule has 2 aromatic rings. The van der Waals surface area contributed by atoms with Gasteiger partial charge in [0.1, 0.15) is 12.4 Å². The monoisotopic (exact) mass is 272 g/mol. The van der Waals surface area contributed by atoms with Crippen LogP contribution in [0.15, 0.2) is 48.5 Å². The van der Waals surface area contributed by atoms with Crippen LogP contribution in [0.4, 0.5) is 0 Å². The van der Waals surface area contributed by atoms with Crippen molar-refractivity contribution in [3.63, 3.8) is 0 Å². The molecule has 0 heterocycles. The summed E-state index contributed by atoms with van der Waals surface area (Å²) in [6.45, 7) is 0.0911.